The monoisotopic (exact) mass is 258 g/mol. The Kier molecular flexibility index (Phi) is 4.47. The average molecular weight is 258 g/mol. The van der Waals surface area contributed by atoms with E-state index in [2.05, 4.69) is 14.7 Å². The highest BCUT2D eigenvalue weighted by Crippen LogP contribution is 2.29. The Bertz CT molecular complexity index is 489. The lowest BCUT2D eigenvalue weighted by Crippen LogP contribution is -2.04. The zero-order valence-electron chi connectivity index (χ0n) is 10.2. The number of alkyl halides is 3. The van der Waals surface area contributed by atoms with Crippen LogP contribution >= 0.6 is 0 Å². The maximum absolute atomic E-state index is 12.2. The number of aryl methyl sites for hydroxylation is 1. The predicted octanol–water partition coefficient (Wildman–Crippen LogP) is 4.09. The molecule has 0 unspecified atom stereocenters. The minimum absolute atomic E-state index is 0.0627. The van der Waals surface area contributed by atoms with Crippen LogP contribution in [0.4, 0.5) is 13.2 Å². The molecule has 0 bridgehead atoms. The minimum atomic E-state index is -4.60. The Balaban J connectivity index is 0.000000771. The molecule has 0 spiro atoms. The summed E-state index contributed by atoms with van der Waals surface area (Å²) in [5.41, 5.74) is 1.49. The maximum atomic E-state index is 12.2. The van der Waals surface area contributed by atoms with Crippen LogP contribution < -0.4 is 0 Å². The molecule has 1 heterocycles. The van der Waals surface area contributed by atoms with Gasteiger partial charge in [-0.3, -0.25) is 0 Å². The second kappa shape index (κ2) is 5.66. The highest BCUT2D eigenvalue weighted by molar-refractivity contribution is 5.54. The van der Waals surface area contributed by atoms with Gasteiger partial charge in [-0.15, -0.1) is 0 Å². The standard InChI is InChI=1S/C10H7F3N2O.C2H6/c1-6-2-4-7(5-3-6)8-14-9(16-15-8)10(11,12)13;1-2/h2-5H,1H3;1-2H3. The summed E-state index contributed by atoms with van der Waals surface area (Å²) < 4.78 is 40.7. The summed E-state index contributed by atoms with van der Waals surface area (Å²) in [6, 6.07) is 6.80. The maximum Gasteiger partial charge on any atom is 0.471 e. The number of aromatic nitrogens is 2. The number of hydrogen-bond acceptors (Lipinski definition) is 3. The molecule has 0 saturated heterocycles. The van der Waals surface area contributed by atoms with Gasteiger partial charge in [0.1, 0.15) is 0 Å². The molecular weight excluding hydrogens is 245 g/mol. The lowest BCUT2D eigenvalue weighted by Gasteiger charge is -1.96. The SMILES string of the molecule is CC.Cc1ccc(-c2noc(C(F)(F)F)n2)cc1. The van der Waals surface area contributed by atoms with Crippen molar-refractivity contribution in [3.8, 4) is 11.4 Å². The van der Waals surface area contributed by atoms with Crippen molar-refractivity contribution in [1.29, 1.82) is 0 Å². The first kappa shape index (κ1) is 14.2. The van der Waals surface area contributed by atoms with Crippen LogP contribution in [-0.4, -0.2) is 10.1 Å². The van der Waals surface area contributed by atoms with Gasteiger partial charge < -0.3 is 4.52 Å². The fourth-order valence-corrected chi connectivity index (χ4v) is 1.16. The molecule has 18 heavy (non-hydrogen) atoms. The fourth-order valence-electron chi connectivity index (χ4n) is 1.16. The van der Waals surface area contributed by atoms with Crippen LogP contribution in [0.2, 0.25) is 0 Å². The molecule has 0 N–H and O–H groups in total. The van der Waals surface area contributed by atoms with Crippen molar-refractivity contribution in [2.75, 3.05) is 0 Å². The van der Waals surface area contributed by atoms with Gasteiger partial charge in [0.05, 0.1) is 0 Å². The molecule has 0 aliphatic rings. The predicted molar refractivity (Wildman–Crippen MR) is 60.8 cm³/mol. The zero-order valence-corrected chi connectivity index (χ0v) is 10.2. The number of rotatable bonds is 1. The molecule has 0 saturated carbocycles. The molecule has 0 atom stereocenters. The summed E-state index contributed by atoms with van der Waals surface area (Å²) in [6.45, 7) is 5.88. The minimum Gasteiger partial charge on any atom is -0.329 e. The Morgan fingerprint density at radius 2 is 1.61 bits per heavy atom. The fraction of sp³-hybridized carbons (Fsp3) is 0.333. The van der Waals surface area contributed by atoms with Gasteiger partial charge in [0.25, 0.3) is 0 Å². The topological polar surface area (TPSA) is 38.9 Å². The Hall–Kier alpha value is -1.85. The lowest BCUT2D eigenvalue weighted by atomic mass is 10.1. The van der Waals surface area contributed by atoms with Crippen molar-refractivity contribution in [1.82, 2.24) is 10.1 Å². The molecule has 1 aromatic heterocycles. The molecule has 3 nitrogen and oxygen atoms in total. The molecule has 6 heteroatoms. The van der Waals surface area contributed by atoms with E-state index in [9.17, 15) is 13.2 Å². The first-order valence-corrected chi connectivity index (χ1v) is 5.45. The number of nitrogens with zero attached hydrogens (tertiary/aromatic N) is 2. The van der Waals surface area contributed by atoms with Crippen molar-refractivity contribution in [2.24, 2.45) is 0 Å². The highest BCUT2D eigenvalue weighted by Gasteiger charge is 2.38. The van der Waals surface area contributed by atoms with Gasteiger partial charge in [-0.2, -0.15) is 18.2 Å². The Morgan fingerprint density at radius 1 is 1.06 bits per heavy atom. The van der Waals surface area contributed by atoms with Gasteiger partial charge in [0.2, 0.25) is 5.82 Å². The molecule has 0 fully saturated rings. The summed E-state index contributed by atoms with van der Waals surface area (Å²) in [5, 5.41) is 3.28. The molecule has 2 aromatic rings. The third kappa shape index (κ3) is 3.32. The summed E-state index contributed by atoms with van der Waals surface area (Å²) >= 11 is 0. The van der Waals surface area contributed by atoms with E-state index >= 15 is 0 Å². The smallest absolute Gasteiger partial charge is 0.329 e. The van der Waals surface area contributed by atoms with Crippen LogP contribution in [0.15, 0.2) is 28.8 Å². The molecule has 98 valence electrons. The van der Waals surface area contributed by atoms with Gasteiger partial charge in [-0.1, -0.05) is 48.8 Å². The van der Waals surface area contributed by atoms with Crippen molar-refractivity contribution in [3.05, 3.63) is 35.7 Å². The van der Waals surface area contributed by atoms with Crippen LogP contribution in [0.1, 0.15) is 25.3 Å². The summed E-state index contributed by atoms with van der Waals surface area (Å²) in [5.74, 6) is -1.39. The normalized spacial score (nSPS) is 10.8. The van der Waals surface area contributed by atoms with Crippen LogP contribution in [0.5, 0.6) is 0 Å². The number of halogens is 3. The van der Waals surface area contributed by atoms with Gasteiger partial charge in [-0.05, 0) is 6.92 Å². The summed E-state index contributed by atoms with van der Waals surface area (Å²) in [6.07, 6.45) is -4.60. The van der Waals surface area contributed by atoms with E-state index in [1.807, 2.05) is 20.8 Å². The van der Waals surface area contributed by atoms with Crippen molar-refractivity contribution in [2.45, 2.75) is 26.9 Å². The van der Waals surface area contributed by atoms with Gasteiger partial charge >= 0.3 is 12.1 Å². The van der Waals surface area contributed by atoms with E-state index < -0.39 is 12.1 Å². The van der Waals surface area contributed by atoms with Gasteiger partial charge in [0.15, 0.2) is 0 Å². The van der Waals surface area contributed by atoms with E-state index in [1.54, 1.807) is 24.3 Å². The first-order valence-electron chi connectivity index (χ1n) is 5.45. The molecule has 2 rings (SSSR count). The quantitative estimate of drug-likeness (QED) is 0.773. The van der Waals surface area contributed by atoms with Gasteiger partial charge in [-0.25, -0.2) is 0 Å². The van der Waals surface area contributed by atoms with Gasteiger partial charge in [0, 0.05) is 5.56 Å². The van der Waals surface area contributed by atoms with Crippen LogP contribution in [0.3, 0.4) is 0 Å². The summed E-state index contributed by atoms with van der Waals surface area (Å²) in [7, 11) is 0. The second-order valence-electron chi connectivity index (χ2n) is 3.29. The second-order valence-corrected chi connectivity index (χ2v) is 3.29. The van der Waals surface area contributed by atoms with E-state index in [0.29, 0.717) is 5.56 Å². The van der Waals surface area contributed by atoms with Crippen molar-refractivity contribution < 1.29 is 17.7 Å². The number of hydrogen-bond donors (Lipinski definition) is 0. The lowest BCUT2D eigenvalue weighted by molar-refractivity contribution is -0.159. The van der Waals surface area contributed by atoms with Crippen molar-refractivity contribution >= 4 is 0 Å². The van der Waals surface area contributed by atoms with Crippen LogP contribution in [-0.2, 0) is 6.18 Å². The van der Waals surface area contributed by atoms with Crippen molar-refractivity contribution in [3.63, 3.8) is 0 Å². The molecule has 0 radical (unpaired) electrons. The largest absolute Gasteiger partial charge is 0.471 e. The first-order chi connectivity index (χ1) is 8.47. The number of benzene rings is 1. The molecule has 0 aliphatic heterocycles. The molecule has 1 aromatic carbocycles. The van der Waals surface area contributed by atoms with Crippen LogP contribution in [0.25, 0.3) is 11.4 Å². The summed E-state index contributed by atoms with van der Waals surface area (Å²) in [4.78, 5) is 3.28. The zero-order chi connectivity index (χ0) is 13.8. The van der Waals surface area contributed by atoms with E-state index in [-0.39, 0.29) is 5.82 Å². The molecule has 0 aliphatic carbocycles. The third-order valence-electron chi connectivity index (χ3n) is 1.98. The third-order valence-corrected chi connectivity index (χ3v) is 1.98. The molecular formula is C12H13F3N2O. The highest BCUT2D eigenvalue weighted by atomic mass is 19.4. The van der Waals surface area contributed by atoms with E-state index in [4.69, 9.17) is 0 Å². The van der Waals surface area contributed by atoms with Crippen LogP contribution in [0, 0.1) is 6.92 Å². The van der Waals surface area contributed by atoms with E-state index in [0.717, 1.165) is 5.56 Å². The van der Waals surface area contributed by atoms with E-state index in [1.165, 1.54) is 0 Å². The molecule has 0 amide bonds. The average Bonchev–Trinajstić information content (AvgIpc) is 2.82. The Labute approximate surface area is 103 Å². The Morgan fingerprint density at radius 3 is 2.06 bits per heavy atom.